The number of aromatic nitrogens is 1. The molecule has 0 aliphatic rings. The molecule has 1 aromatic rings. The number of thiazole rings is 1. The van der Waals surface area contributed by atoms with Crippen molar-refractivity contribution in [2.24, 2.45) is 0 Å². The molecule has 114 valence electrons. The predicted octanol–water partition coefficient (Wildman–Crippen LogP) is 0.328. The third kappa shape index (κ3) is 4.73. The van der Waals surface area contributed by atoms with Gasteiger partial charge in [0.25, 0.3) is 10.0 Å². The van der Waals surface area contributed by atoms with Gasteiger partial charge in [0.05, 0.1) is 0 Å². The number of sulfonamides is 1. The van der Waals surface area contributed by atoms with Gasteiger partial charge in [0, 0.05) is 24.7 Å². The van der Waals surface area contributed by atoms with Gasteiger partial charge in [-0.15, -0.1) is 0 Å². The minimum Gasteiger partial charge on any atom is -0.354 e. The lowest BCUT2D eigenvalue weighted by atomic mass is 10.2. The molecule has 0 radical (unpaired) electrons. The molecule has 20 heavy (non-hydrogen) atoms. The fraction of sp³-hybridized carbons (Fsp3) is 0.636. The molecule has 1 rings (SSSR count). The van der Waals surface area contributed by atoms with Crippen molar-refractivity contribution in [1.82, 2.24) is 15.0 Å². The van der Waals surface area contributed by atoms with Gasteiger partial charge in [-0.2, -0.15) is 0 Å². The van der Waals surface area contributed by atoms with Crippen LogP contribution in [0, 0.1) is 6.92 Å². The van der Waals surface area contributed by atoms with E-state index in [9.17, 15) is 18.0 Å². The largest absolute Gasteiger partial charge is 0.354 e. The molecule has 0 aromatic carbocycles. The summed E-state index contributed by atoms with van der Waals surface area (Å²) in [6.45, 7) is 5.34. The Hall–Kier alpha value is -1.19. The first-order valence-corrected chi connectivity index (χ1v) is 8.55. The van der Waals surface area contributed by atoms with Crippen LogP contribution in [0.1, 0.15) is 32.4 Å². The second-order valence-electron chi connectivity index (χ2n) is 4.45. The molecule has 1 aromatic heterocycles. The number of aryl methyl sites for hydroxylation is 1. The van der Waals surface area contributed by atoms with Crippen LogP contribution in [0.5, 0.6) is 0 Å². The number of carbonyl (C=O) groups excluding carboxylic acids is 1. The zero-order valence-corrected chi connectivity index (χ0v) is 13.3. The van der Waals surface area contributed by atoms with Crippen LogP contribution in [0.4, 0.5) is 0 Å². The molecule has 3 N–H and O–H groups in total. The Labute approximate surface area is 121 Å². The van der Waals surface area contributed by atoms with Crippen molar-refractivity contribution in [3.63, 3.8) is 0 Å². The summed E-state index contributed by atoms with van der Waals surface area (Å²) < 4.78 is 26.1. The molecule has 1 heterocycles. The second-order valence-corrected chi connectivity index (χ2v) is 7.40. The maximum atomic E-state index is 11.9. The van der Waals surface area contributed by atoms with Gasteiger partial charge in [0.15, 0.2) is 4.21 Å². The molecule has 9 heteroatoms. The third-order valence-electron chi connectivity index (χ3n) is 2.69. The highest BCUT2D eigenvalue weighted by molar-refractivity contribution is 7.91. The monoisotopic (exact) mass is 321 g/mol. The zero-order chi connectivity index (χ0) is 15.3. The zero-order valence-electron chi connectivity index (χ0n) is 11.6. The number of hydrogen-bond donors (Lipinski definition) is 3. The third-order valence-corrected chi connectivity index (χ3v) is 5.75. The molecule has 0 saturated carbocycles. The highest BCUT2D eigenvalue weighted by atomic mass is 32.2. The minimum absolute atomic E-state index is 0.00384. The lowest BCUT2D eigenvalue weighted by Crippen LogP contribution is -2.35. The fourth-order valence-corrected chi connectivity index (χ4v) is 3.84. The molecular formula is C11H19N3O4S2. The fourth-order valence-electron chi connectivity index (χ4n) is 1.46. The highest BCUT2D eigenvalue weighted by Gasteiger charge is 2.20. The van der Waals surface area contributed by atoms with Crippen LogP contribution in [0.3, 0.4) is 0 Å². The van der Waals surface area contributed by atoms with Crippen LogP contribution in [-0.2, 0) is 14.8 Å². The van der Waals surface area contributed by atoms with Crippen molar-refractivity contribution in [2.75, 3.05) is 6.54 Å². The van der Waals surface area contributed by atoms with Crippen molar-refractivity contribution < 1.29 is 13.2 Å². The van der Waals surface area contributed by atoms with E-state index in [0.717, 1.165) is 6.42 Å². The molecule has 0 aliphatic carbocycles. The quantitative estimate of drug-likeness (QED) is 0.672. The van der Waals surface area contributed by atoms with E-state index in [1.54, 1.807) is 0 Å². The van der Waals surface area contributed by atoms with E-state index in [0.29, 0.717) is 17.0 Å². The summed E-state index contributed by atoms with van der Waals surface area (Å²) in [6.07, 6.45) is 0.871. The first kappa shape index (κ1) is 16.9. The van der Waals surface area contributed by atoms with E-state index < -0.39 is 14.9 Å². The Morgan fingerprint density at radius 2 is 2.10 bits per heavy atom. The van der Waals surface area contributed by atoms with E-state index in [4.69, 9.17) is 0 Å². The average molecular weight is 321 g/mol. The summed E-state index contributed by atoms with van der Waals surface area (Å²) in [7, 11) is -3.74. The van der Waals surface area contributed by atoms with Gasteiger partial charge < -0.3 is 10.3 Å². The van der Waals surface area contributed by atoms with E-state index in [1.165, 1.54) is 6.92 Å². The smallest absolute Gasteiger partial charge is 0.305 e. The molecule has 1 unspecified atom stereocenters. The Balaban J connectivity index is 2.55. The summed E-state index contributed by atoms with van der Waals surface area (Å²) in [5, 5.41) is 2.74. The summed E-state index contributed by atoms with van der Waals surface area (Å²) in [4.78, 5) is 24.6. The second kappa shape index (κ2) is 7.00. The molecule has 0 aliphatic heterocycles. The lowest BCUT2D eigenvalue weighted by molar-refractivity contribution is -0.121. The number of nitrogens with one attached hydrogen (secondary N) is 3. The molecule has 0 fully saturated rings. The van der Waals surface area contributed by atoms with Crippen LogP contribution in [-0.4, -0.2) is 31.9 Å². The first-order valence-electron chi connectivity index (χ1n) is 6.25. The summed E-state index contributed by atoms with van der Waals surface area (Å²) in [5.74, 6) is -0.207. The molecular weight excluding hydrogens is 302 g/mol. The van der Waals surface area contributed by atoms with Gasteiger partial charge in [0.2, 0.25) is 5.91 Å². The van der Waals surface area contributed by atoms with Crippen molar-refractivity contribution in [3.05, 3.63) is 15.4 Å². The predicted molar refractivity (Wildman–Crippen MR) is 77.4 cm³/mol. The Kier molecular flexibility index (Phi) is 5.90. The van der Waals surface area contributed by atoms with Gasteiger partial charge in [0.1, 0.15) is 0 Å². The van der Waals surface area contributed by atoms with Gasteiger partial charge in [-0.05, 0) is 20.3 Å². The summed E-state index contributed by atoms with van der Waals surface area (Å²) in [6, 6.07) is 0.0660. The maximum absolute atomic E-state index is 11.9. The van der Waals surface area contributed by atoms with Crippen LogP contribution in [0.25, 0.3) is 0 Å². The van der Waals surface area contributed by atoms with Gasteiger partial charge >= 0.3 is 4.87 Å². The molecule has 0 saturated heterocycles. The number of hydrogen-bond acceptors (Lipinski definition) is 5. The Bertz CT molecular complexity index is 618. The van der Waals surface area contributed by atoms with Crippen molar-refractivity contribution in [2.45, 2.75) is 43.9 Å². The Morgan fingerprint density at radius 3 is 2.60 bits per heavy atom. The molecule has 7 nitrogen and oxygen atoms in total. The normalized spacial score (nSPS) is 13.2. The van der Waals surface area contributed by atoms with Crippen LogP contribution in [0.2, 0.25) is 0 Å². The molecule has 0 bridgehead atoms. The number of amides is 1. The first-order chi connectivity index (χ1) is 9.26. The number of carbonyl (C=O) groups is 1. The average Bonchev–Trinajstić information content (AvgIpc) is 2.68. The SMILES string of the molecule is CCC(C)NC(=O)CCNS(=O)(=O)c1sc(=O)[nH]c1C. The van der Waals surface area contributed by atoms with Crippen LogP contribution >= 0.6 is 11.3 Å². The van der Waals surface area contributed by atoms with Crippen molar-refractivity contribution in [3.8, 4) is 0 Å². The molecule has 0 spiro atoms. The van der Waals surface area contributed by atoms with Crippen LogP contribution < -0.4 is 14.9 Å². The minimum atomic E-state index is -3.74. The topological polar surface area (TPSA) is 108 Å². The van der Waals surface area contributed by atoms with Crippen molar-refractivity contribution >= 4 is 27.3 Å². The molecule has 1 atom stereocenters. The van der Waals surface area contributed by atoms with Crippen LogP contribution in [0.15, 0.2) is 9.00 Å². The Morgan fingerprint density at radius 1 is 1.45 bits per heavy atom. The van der Waals surface area contributed by atoms with E-state index in [-0.39, 0.29) is 29.1 Å². The van der Waals surface area contributed by atoms with Crippen molar-refractivity contribution in [1.29, 1.82) is 0 Å². The highest BCUT2D eigenvalue weighted by Crippen LogP contribution is 2.15. The lowest BCUT2D eigenvalue weighted by Gasteiger charge is -2.11. The standard InChI is InChI=1S/C11H19N3O4S2/c1-4-7(2)13-9(15)5-6-12-20(17,18)10-8(3)14-11(16)19-10/h7,12H,4-6H2,1-3H3,(H,13,15)(H,14,16). The van der Waals surface area contributed by atoms with E-state index >= 15 is 0 Å². The van der Waals surface area contributed by atoms with Gasteiger partial charge in [-0.3, -0.25) is 9.59 Å². The van der Waals surface area contributed by atoms with Gasteiger partial charge in [-0.25, -0.2) is 13.1 Å². The molecule has 1 amide bonds. The number of H-pyrrole nitrogens is 1. The summed E-state index contributed by atoms with van der Waals surface area (Å²) in [5.41, 5.74) is 0.302. The summed E-state index contributed by atoms with van der Waals surface area (Å²) >= 11 is 0.632. The maximum Gasteiger partial charge on any atom is 0.305 e. The van der Waals surface area contributed by atoms with E-state index in [1.807, 2.05) is 13.8 Å². The van der Waals surface area contributed by atoms with Gasteiger partial charge in [-0.1, -0.05) is 18.3 Å². The number of rotatable bonds is 7. The van der Waals surface area contributed by atoms with E-state index in [2.05, 4.69) is 15.0 Å². The number of aromatic amines is 1.